The van der Waals surface area contributed by atoms with Crippen LogP contribution in [0.1, 0.15) is 29.9 Å². The summed E-state index contributed by atoms with van der Waals surface area (Å²) in [6.45, 7) is 3.14. The van der Waals surface area contributed by atoms with Crippen molar-refractivity contribution in [3.8, 4) is 0 Å². The van der Waals surface area contributed by atoms with Crippen LogP contribution in [0.15, 0.2) is 46.0 Å². The van der Waals surface area contributed by atoms with Gasteiger partial charge < -0.3 is 10.6 Å². The summed E-state index contributed by atoms with van der Waals surface area (Å²) < 4.78 is 2.27. The number of benzene rings is 1. The number of aromatic nitrogens is 2. The minimum Gasteiger partial charge on any atom is -0.349 e. The number of nitrogens with one attached hydrogen (secondary N) is 2. The lowest BCUT2D eigenvalue weighted by molar-refractivity contribution is -0.126. The fourth-order valence-corrected chi connectivity index (χ4v) is 2.34. The average molecular weight is 358 g/mol. The van der Waals surface area contributed by atoms with Crippen molar-refractivity contribution in [2.24, 2.45) is 14.1 Å². The zero-order valence-corrected chi connectivity index (χ0v) is 15.2. The summed E-state index contributed by atoms with van der Waals surface area (Å²) in [4.78, 5) is 48.3. The van der Waals surface area contributed by atoms with Crippen LogP contribution in [-0.2, 0) is 25.4 Å². The van der Waals surface area contributed by atoms with Gasteiger partial charge in [-0.3, -0.25) is 23.5 Å². The Morgan fingerprint density at radius 1 is 1.04 bits per heavy atom. The molecule has 0 atom stereocenters. The first-order chi connectivity index (χ1) is 12.1. The lowest BCUT2D eigenvalue weighted by atomic mass is 10.0. The van der Waals surface area contributed by atoms with Crippen LogP contribution in [0.3, 0.4) is 0 Å². The largest absolute Gasteiger partial charge is 0.349 e. The van der Waals surface area contributed by atoms with Crippen LogP contribution in [-0.4, -0.2) is 26.5 Å². The maximum atomic E-state index is 12.5. The summed E-state index contributed by atoms with van der Waals surface area (Å²) in [6.07, 6.45) is 0. The van der Waals surface area contributed by atoms with Crippen molar-refractivity contribution < 1.29 is 9.59 Å². The van der Waals surface area contributed by atoms with Crippen LogP contribution < -0.4 is 21.9 Å². The molecule has 2 N–H and O–H groups in total. The summed E-state index contributed by atoms with van der Waals surface area (Å²) in [5, 5.41) is 5.32. The van der Waals surface area contributed by atoms with Crippen LogP contribution in [0, 0.1) is 0 Å². The highest BCUT2D eigenvalue weighted by Crippen LogP contribution is 2.06. The van der Waals surface area contributed by atoms with E-state index in [1.165, 1.54) is 24.7 Å². The van der Waals surface area contributed by atoms with Gasteiger partial charge in [0.2, 0.25) is 5.91 Å². The molecule has 0 fully saturated rings. The highest BCUT2D eigenvalue weighted by atomic mass is 16.2. The molecule has 0 saturated carbocycles. The van der Waals surface area contributed by atoms with Gasteiger partial charge >= 0.3 is 5.69 Å². The van der Waals surface area contributed by atoms with E-state index in [0.717, 1.165) is 4.57 Å². The first-order valence-electron chi connectivity index (χ1n) is 8.05. The summed E-state index contributed by atoms with van der Waals surface area (Å²) in [5.74, 6) is -0.804. The number of carbonyl (C=O) groups excluding carboxylic acids is 2. The van der Waals surface area contributed by atoms with E-state index < -0.39 is 22.7 Å². The highest BCUT2D eigenvalue weighted by Gasteiger charge is 2.29. The summed E-state index contributed by atoms with van der Waals surface area (Å²) in [5.41, 5.74) is -1.28. The molecule has 2 aromatic rings. The number of nitrogens with zero attached hydrogens (tertiary/aromatic N) is 2. The van der Waals surface area contributed by atoms with Gasteiger partial charge in [-0.1, -0.05) is 18.2 Å². The molecular weight excluding hydrogens is 336 g/mol. The molecule has 0 radical (unpaired) electrons. The van der Waals surface area contributed by atoms with Crippen LogP contribution >= 0.6 is 0 Å². The zero-order valence-electron chi connectivity index (χ0n) is 15.2. The molecule has 1 aromatic heterocycles. The minimum atomic E-state index is -1.18. The summed E-state index contributed by atoms with van der Waals surface area (Å²) in [6, 6.07) is 9.86. The van der Waals surface area contributed by atoms with Crippen molar-refractivity contribution in [3.63, 3.8) is 0 Å². The molecule has 0 bridgehead atoms. The number of carbonyl (C=O) groups is 2. The number of amides is 2. The molecule has 138 valence electrons. The molecule has 0 aliphatic carbocycles. The maximum absolute atomic E-state index is 12.5. The molecule has 8 heteroatoms. The van der Waals surface area contributed by atoms with Gasteiger partial charge in [0.15, 0.2) is 0 Å². The average Bonchev–Trinajstić information content (AvgIpc) is 2.61. The fourth-order valence-electron chi connectivity index (χ4n) is 2.34. The molecule has 0 spiro atoms. The zero-order chi connectivity index (χ0) is 19.5. The Labute approximate surface area is 150 Å². The Bertz CT molecular complexity index is 942. The van der Waals surface area contributed by atoms with Crippen LogP contribution in [0.4, 0.5) is 0 Å². The molecule has 1 heterocycles. The van der Waals surface area contributed by atoms with Crippen molar-refractivity contribution in [2.75, 3.05) is 0 Å². The second-order valence-corrected chi connectivity index (χ2v) is 6.50. The fraction of sp³-hybridized carbons (Fsp3) is 0.333. The van der Waals surface area contributed by atoms with Crippen LogP contribution in [0.5, 0.6) is 0 Å². The smallest absolute Gasteiger partial charge is 0.330 e. The third-order valence-corrected chi connectivity index (χ3v) is 4.09. The molecule has 26 heavy (non-hydrogen) atoms. The quantitative estimate of drug-likeness (QED) is 0.780. The molecule has 8 nitrogen and oxygen atoms in total. The molecule has 0 aliphatic rings. The van der Waals surface area contributed by atoms with Crippen LogP contribution in [0.2, 0.25) is 0 Å². The second kappa shape index (κ2) is 7.38. The lowest BCUT2D eigenvalue weighted by Crippen LogP contribution is -2.54. The summed E-state index contributed by atoms with van der Waals surface area (Å²) in [7, 11) is 2.90. The summed E-state index contributed by atoms with van der Waals surface area (Å²) >= 11 is 0. The normalized spacial score (nSPS) is 11.1. The molecule has 0 saturated heterocycles. The standard InChI is InChI=1S/C18H22N4O4/c1-18(2,20-15(24)12-8-6-5-7-9-12)16(25)19-11-13-10-14(23)22(4)17(26)21(13)3/h5-10H,11H2,1-4H3,(H,19,25)(H,20,24). The van der Waals surface area contributed by atoms with E-state index >= 15 is 0 Å². The molecule has 2 amide bonds. The Hall–Kier alpha value is -3.16. The van der Waals surface area contributed by atoms with Gasteiger partial charge in [0, 0.05) is 31.4 Å². The van der Waals surface area contributed by atoms with Gasteiger partial charge in [-0.25, -0.2) is 4.79 Å². The van der Waals surface area contributed by atoms with E-state index in [4.69, 9.17) is 0 Å². The van der Waals surface area contributed by atoms with Gasteiger partial charge in [-0.05, 0) is 26.0 Å². The van der Waals surface area contributed by atoms with E-state index in [-0.39, 0.29) is 12.5 Å². The predicted molar refractivity (Wildman–Crippen MR) is 96.8 cm³/mol. The molecule has 1 aromatic carbocycles. The van der Waals surface area contributed by atoms with Crippen molar-refractivity contribution in [1.82, 2.24) is 19.8 Å². The lowest BCUT2D eigenvalue weighted by Gasteiger charge is -2.25. The Balaban J connectivity index is 2.08. The number of hydrogen-bond acceptors (Lipinski definition) is 4. The van der Waals surface area contributed by atoms with E-state index in [0.29, 0.717) is 11.3 Å². The third kappa shape index (κ3) is 4.08. The van der Waals surface area contributed by atoms with Crippen molar-refractivity contribution >= 4 is 11.8 Å². The molecule has 0 unspecified atom stereocenters. The predicted octanol–water partition coefficient (Wildman–Crippen LogP) is -0.0912. The van der Waals surface area contributed by atoms with Crippen LogP contribution in [0.25, 0.3) is 0 Å². The van der Waals surface area contributed by atoms with E-state index in [1.807, 2.05) is 0 Å². The minimum absolute atomic E-state index is 0.00864. The van der Waals surface area contributed by atoms with Crippen molar-refractivity contribution in [2.45, 2.75) is 25.9 Å². The van der Waals surface area contributed by atoms with Gasteiger partial charge in [0.05, 0.1) is 6.54 Å². The first kappa shape index (κ1) is 19.2. The Morgan fingerprint density at radius 2 is 1.65 bits per heavy atom. The van der Waals surface area contributed by atoms with Crippen molar-refractivity contribution in [1.29, 1.82) is 0 Å². The molecule has 2 rings (SSSR count). The first-order valence-corrected chi connectivity index (χ1v) is 8.05. The van der Waals surface area contributed by atoms with Gasteiger partial charge in [0.1, 0.15) is 5.54 Å². The highest BCUT2D eigenvalue weighted by molar-refractivity contribution is 5.98. The number of rotatable bonds is 5. The maximum Gasteiger partial charge on any atom is 0.330 e. The Kier molecular flexibility index (Phi) is 5.44. The third-order valence-electron chi connectivity index (χ3n) is 4.09. The van der Waals surface area contributed by atoms with E-state index in [1.54, 1.807) is 44.2 Å². The van der Waals surface area contributed by atoms with Gasteiger partial charge in [0.25, 0.3) is 11.5 Å². The monoisotopic (exact) mass is 358 g/mol. The number of hydrogen-bond donors (Lipinski definition) is 2. The second-order valence-electron chi connectivity index (χ2n) is 6.50. The topological polar surface area (TPSA) is 102 Å². The molecule has 0 aliphatic heterocycles. The SMILES string of the molecule is Cn1c(CNC(=O)C(C)(C)NC(=O)c2ccccc2)cc(=O)n(C)c1=O. The van der Waals surface area contributed by atoms with Gasteiger partial charge in [-0.2, -0.15) is 0 Å². The Morgan fingerprint density at radius 3 is 2.27 bits per heavy atom. The van der Waals surface area contributed by atoms with Gasteiger partial charge in [-0.15, -0.1) is 0 Å². The van der Waals surface area contributed by atoms with Crippen molar-refractivity contribution in [3.05, 3.63) is 68.5 Å². The van der Waals surface area contributed by atoms with E-state index in [2.05, 4.69) is 10.6 Å². The van der Waals surface area contributed by atoms with E-state index in [9.17, 15) is 19.2 Å². The molecular formula is C18H22N4O4.